The molecule has 1 saturated heterocycles. The van der Waals surface area contributed by atoms with Gasteiger partial charge in [0.05, 0.1) is 11.2 Å². The maximum atomic E-state index is 12.6. The Kier molecular flexibility index (Phi) is 4.50. The fourth-order valence-electron chi connectivity index (χ4n) is 3.43. The maximum Gasteiger partial charge on any atom is 0.307 e. The minimum atomic E-state index is -3.43. The smallest absolute Gasteiger partial charge is 0.307 e. The van der Waals surface area contributed by atoms with Gasteiger partial charge in [-0.3, -0.25) is 4.79 Å². The Morgan fingerprint density at radius 1 is 1.32 bits per heavy atom. The molecule has 5 nitrogen and oxygen atoms in total. The molecule has 2 fully saturated rings. The average Bonchev–Trinajstić information content (AvgIpc) is 2.97. The molecule has 0 spiro atoms. The molecule has 6 heteroatoms. The van der Waals surface area contributed by atoms with Gasteiger partial charge in [0.25, 0.3) is 0 Å². The average molecular weight is 289 g/mol. The van der Waals surface area contributed by atoms with Crippen molar-refractivity contribution in [3.8, 4) is 0 Å². The molecule has 0 aromatic heterocycles. The van der Waals surface area contributed by atoms with E-state index in [0.29, 0.717) is 38.3 Å². The Balaban J connectivity index is 2.08. The van der Waals surface area contributed by atoms with Crippen LogP contribution in [-0.4, -0.2) is 42.1 Å². The Hall–Kier alpha value is -0.620. The monoisotopic (exact) mass is 289 g/mol. The predicted molar refractivity (Wildman–Crippen MR) is 72.3 cm³/mol. The molecule has 2 rings (SSSR count). The van der Waals surface area contributed by atoms with Crippen LogP contribution < -0.4 is 0 Å². The Morgan fingerprint density at radius 3 is 2.68 bits per heavy atom. The molecule has 0 bridgehead atoms. The molecule has 0 radical (unpaired) electrons. The van der Waals surface area contributed by atoms with E-state index in [1.165, 1.54) is 0 Å². The highest BCUT2D eigenvalue weighted by atomic mass is 32.2. The van der Waals surface area contributed by atoms with Crippen LogP contribution in [0.5, 0.6) is 0 Å². The molecular formula is C13H23NO4S. The number of sulfonamides is 1. The van der Waals surface area contributed by atoms with E-state index in [1.54, 1.807) is 4.31 Å². The SMILES string of the molecule is CCCC1CCN(S(=O)(=O)C2CCCC2C(=O)O)C1. The third kappa shape index (κ3) is 2.94. The standard InChI is InChI=1S/C13H23NO4S/c1-2-4-10-7-8-14(9-10)19(17,18)12-6-3-5-11(12)13(15)16/h10-12H,2-9H2,1H3,(H,15,16). The summed E-state index contributed by atoms with van der Waals surface area (Å²) in [6, 6.07) is 0. The van der Waals surface area contributed by atoms with Crippen LogP contribution in [-0.2, 0) is 14.8 Å². The van der Waals surface area contributed by atoms with E-state index in [0.717, 1.165) is 19.3 Å². The first kappa shape index (κ1) is 14.8. The molecule has 3 unspecified atom stereocenters. The van der Waals surface area contributed by atoms with Gasteiger partial charge < -0.3 is 5.11 Å². The molecular weight excluding hydrogens is 266 g/mol. The van der Waals surface area contributed by atoms with Crippen LogP contribution in [0.15, 0.2) is 0 Å². The van der Waals surface area contributed by atoms with Gasteiger partial charge >= 0.3 is 5.97 Å². The lowest BCUT2D eigenvalue weighted by molar-refractivity contribution is -0.141. The van der Waals surface area contributed by atoms with Crippen LogP contribution in [0.2, 0.25) is 0 Å². The van der Waals surface area contributed by atoms with Crippen LogP contribution >= 0.6 is 0 Å². The fraction of sp³-hybridized carbons (Fsp3) is 0.923. The van der Waals surface area contributed by atoms with Crippen molar-refractivity contribution < 1.29 is 18.3 Å². The van der Waals surface area contributed by atoms with Crippen LogP contribution in [0, 0.1) is 11.8 Å². The second-order valence-corrected chi connectivity index (χ2v) is 7.91. The van der Waals surface area contributed by atoms with Crippen molar-refractivity contribution in [1.29, 1.82) is 0 Å². The first-order valence-corrected chi connectivity index (χ1v) is 8.69. The van der Waals surface area contributed by atoms with Gasteiger partial charge in [0, 0.05) is 13.1 Å². The topological polar surface area (TPSA) is 74.7 Å². The summed E-state index contributed by atoms with van der Waals surface area (Å²) in [5, 5.41) is 8.44. The van der Waals surface area contributed by atoms with Gasteiger partial charge in [-0.1, -0.05) is 19.8 Å². The van der Waals surface area contributed by atoms with Crippen molar-refractivity contribution in [1.82, 2.24) is 4.31 Å². The van der Waals surface area contributed by atoms with E-state index in [1.807, 2.05) is 0 Å². The molecule has 1 saturated carbocycles. The zero-order valence-electron chi connectivity index (χ0n) is 11.4. The zero-order chi connectivity index (χ0) is 14.0. The normalized spacial score (nSPS) is 32.8. The minimum Gasteiger partial charge on any atom is -0.481 e. The van der Waals surface area contributed by atoms with E-state index in [9.17, 15) is 13.2 Å². The maximum absolute atomic E-state index is 12.6. The summed E-state index contributed by atoms with van der Waals surface area (Å²) in [5.74, 6) is -1.23. The van der Waals surface area contributed by atoms with Crippen molar-refractivity contribution in [3.63, 3.8) is 0 Å². The van der Waals surface area contributed by atoms with E-state index in [-0.39, 0.29) is 0 Å². The second kappa shape index (κ2) is 5.79. The number of carboxylic acids is 1. The Morgan fingerprint density at radius 2 is 2.05 bits per heavy atom. The number of rotatable bonds is 5. The summed E-state index contributed by atoms with van der Waals surface area (Å²) < 4.78 is 26.7. The molecule has 1 N–H and O–H groups in total. The van der Waals surface area contributed by atoms with Gasteiger partial charge in [-0.25, -0.2) is 12.7 Å². The summed E-state index contributed by atoms with van der Waals surface area (Å²) in [6.07, 6.45) is 4.73. The lowest BCUT2D eigenvalue weighted by Gasteiger charge is -2.23. The Bertz CT molecular complexity index is 434. The largest absolute Gasteiger partial charge is 0.481 e. The van der Waals surface area contributed by atoms with Crippen LogP contribution in [0.3, 0.4) is 0 Å². The number of carboxylic acid groups (broad SMARTS) is 1. The lowest BCUT2D eigenvalue weighted by atomic mass is 10.0. The number of aliphatic carboxylic acids is 1. The number of nitrogens with zero attached hydrogens (tertiary/aromatic N) is 1. The molecule has 3 atom stereocenters. The lowest BCUT2D eigenvalue weighted by Crippen LogP contribution is -2.41. The molecule has 0 aromatic rings. The van der Waals surface area contributed by atoms with Crippen LogP contribution in [0.1, 0.15) is 45.4 Å². The summed E-state index contributed by atoms with van der Waals surface area (Å²) in [7, 11) is -3.43. The summed E-state index contributed by atoms with van der Waals surface area (Å²) in [6.45, 7) is 3.25. The zero-order valence-corrected chi connectivity index (χ0v) is 12.2. The van der Waals surface area contributed by atoms with Crippen molar-refractivity contribution in [3.05, 3.63) is 0 Å². The quantitative estimate of drug-likeness (QED) is 0.835. The molecule has 110 valence electrons. The van der Waals surface area contributed by atoms with E-state index in [4.69, 9.17) is 5.11 Å². The van der Waals surface area contributed by atoms with E-state index in [2.05, 4.69) is 6.92 Å². The number of hydrogen-bond acceptors (Lipinski definition) is 3. The first-order chi connectivity index (χ1) is 8.96. The predicted octanol–water partition coefficient (Wildman–Crippen LogP) is 1.69. The molecule has 0 aromatic carbocycles. The molecule has 1 aliphatic heterocycles. The van der Waals surface area contributed by atoms with Crippen LogP contribution in [0.4, 0.5) is 0 Å². The van der Waals surface area contributed by atoms with Gasteiger partial charge in [0.15, 0.2) is 0 Å². The molecule has 19 heavy (non-hydrogen) atoms. The van der Waals surface area contributed by atoms with Crippen molar-refractivity contribution in [2.45, 2.75) is 50.7 Å². The third-order valence-electron chi connectivity index (χ3n) is 4.46. The minimum absolute atomic E-state index is 0.449. The van der Waals surface area contributed by atoms with E-state index >= 15 is 0 Å². The third-order valence-corrected chi connectivity index (χ3v) is 6.84. The first-order valence-electron chi connectivity index (χ1n) is 7.18. The summed E-state index contributed by atoms with van der Waals surface area (Å²) >= 11 is 0. The Labute approximate surface area is 115 Å². The van der Waals surface area contributed by atoms with Crippen LogP contribution in [0.25, 0.3) is 0 Å². The van der Waals surface area contributed by atoms with Gasteiger partial charge in [-0.05, 0) is 31.6 Å². The van der Waals surface area contributed by atoms with Gasteiger partial charge in [0.2, 0.25) is 10.0 Å². The van der Waals surface area contributed by atoms with Crippen molar-refractivity contribution in [2.24, 2.45) is 11.8 Å². The number of carbonyl (C=O) groups is 1. The molecule has 0 amide bonds. The molecule has 2 aliphatic rings. The molecule has 1 heterocycles. The van der Waals surface area contributed by atoms with Crippen molar-refractivity contribution in [2.75, 3.05) is 13.1 Å². The summed E-state index contributed by atoms with van der Waals surface area (Å²) in [5.41, 5.74) is 0. The summed E-state index contributed by atoms with van der Waals surface area (Å²) in [4.78, 5) is 11.2. The highest BCUT2D eigenvalue weighted by molar-refractivity contribution is 7.89. The number of hydrogen-bond donors (Lipinski definition) is 1. The highest BCUT2D eigenvalue weighted by Crippen LogP contribution is 2.35. The van der Waals surface area contributed by atoms with Crippen molar-refractivity contribution >= 4 is 16.0 Å². The van der Waals surface area contributed by atoms with Gasteiger partial charge in [0.1, 0.15) is 0 Å². The second-order valence-electron chi connectivity index (χ2n) is 5.76. The highest BCUT2D eigenvalue weighted by Gasteiger charge is 2.45. The fourth-order valence-corrected chi connectivity index (χ4v) is 5.72. The van der Waals surface area contributed by atoms with Gasteiger partial charge in [-0.15, -0.1) is 0 Å². The van der Waals surface area contributed by atoms with E-state index < -0.39 is 27.2 Å². The molecule has 1 aliphatic carbocycles. The van der Waals surface area contributed by atoms with Gasteiger partial charge in [-0.2, -0.15) is 0 Å².